The third kappa shape index (κ3) is 4.70. The number of esters is 1. The van der Waals surface area contributed by atoms with E-state index in [1.165, 1.54) is 7.11 Å². The van der Waals surface area contributed by atoms with Crippen LogP contribution in [0.3, 0.4) is 0 Å². The monoisotopic (exact) mass is 375 g/mol. The third-order valence-corrected chi connectivity index (χ3v) is 5.36. The van der Waals surface area contributed by atoms with E-state index in [1.807, 2.05) is 32.9 Å². The van der Waals surface area contributed by atoms with Crippen LogP contribution in [-0.2, 0) is 9.47 Å². The summed E-state index contributed by atoms with van der Waals surface area (Å²) in [5, 5.41) is 2.98. The Labute approximate surface area is 160 Å². The summed E-state index contributed by atoms with van der Waals surface area (Å²) >= 11 is 0. The van der Waals surface area contributed by atoms with Crippen LogP contribution in [0.25, 0.3) is 0 Å². The molecule has 0 bridgehead atoms. The second kappa shape index (κ2) is 7.37. The number of methoxy groups -OCH3 is 1. The van der Waals surface area contributed by atoms with E-state index in [0.29, 0.717) is 11.1 Å². The number of amides is 1. The van der Waals surface area contributed by atoms with Gasteiger partial charge < -0.3 is 19.7 Å². The maximum absolute atomic E-state index is 11.9. The molecule has 1 aromatic heterocycles. The number of anilines is 1. The van der Waals surface area contributed by atoms with Gasteiger partial charge in [-0.05, 0) is 64.0 Å². The molecule has 0 radical (unpaired) electrons. The molecule has 2 fully saturated rings. The number of rotatable bonds is 3. The minimum atomic E-state index is -0.470. The molecular formula is C20H29N3O4. The average Bonchev–Trinajstić information content (AvgIpc) is 2.59. The summed E-state index contributed by atoms with van der Waals surface area (Å²) in [7, 11) is 1.36. The number of piperidine rings is 1. The highest BCUT2D eigenvalue weighted by Crippen LogP contribution is 2.49. The SMILES string of the molecule is COC(=O)c1cccc(N2CCC3(CC2)CC(NC(=O)OC(C)(C)C)C3)n1. The van der Waals surface area contributed by atoms with Gasteiger partial charge in [-0.25, -0.2) is 14.6 Å². The molecule has 7 nitrogen and oxygen atoms in total. The molecule has 0 atom stereocenters. The molecule has 2 aliphatic rings. The first kappa shape index (κ1) is 19.5. The van der Waals surface area contributed by atoms with Crippen molar-refractivity contribution in [3.05, 3.63) is 23.9 Å². The lowest BCUT2D eigenvalue weighted by atomic mass is 9.60. The van der Waals surface area contributed by atoms with Gasteiger partial charge in [0.05, 0.1) is 7.11 Å². The summed E-state index contributed by atoms with van der Waals surface area (Å²) in [6.45, 7) is 7.41. The molecule has 3 rings (SSSR count). The zero-order valence-electron chi connectivity index (χ0n) is 16.6. The molecule has 1 saturated heterocycles. The Balaban J connectivity index is 1.49. The third-order valence-electron chi connectivity index (χ3n) is 5.36. The molecule has 0 aromatic carbocycles. The van der Waals surface area contributed by atoms with E-state index < -0.39 is 11.6 Å². The standard InChI is InChI=1S/C20H29N3O4/c1-19(2,3)27-18(25)21-14-12-20(13-14)8-10-23(11-9-20)16-7-5-6-15(22-16)17(24)26-4/h5-7,14H,8-13H2,1-4H3,(H,21,25). The van der Waals surface area contributed by atoms with E-state index in [1.54, 1.807) is 6.07 Å². The Kier molecular flexibility index (Phi) is 5.31. The number of ether oxygens (including phenoxy) is 2. The number of hydrogen-bond acceptors (Lipinski definition) is 6. The highest BCUT2D eigenvalue weighted by Gasteiger charge is 2.46. The van der Waals surface area contributed by atoms with Crippen LogP contribution in [0.1, 0.15) is 56.9 Å². The molecule has 1 aromatic rings. The molecule has 148 valence electrons. The number of aromatic nitrogens is 1. The van der Waals surface area contributed by atoms with Crippen LogP contribution in [0.15, 0.2) is 18.2 Å². The van der Waals surface area contributed by atoms with Gasteiger partial charge in [-0.2, -0.15) is 0 Å². The van der Waals surface area contributed by atoms with Crippen molar-refractivity contribution in [2.45, 2.75) is 58.1 Å². The van der Waals surface area contributed by atoms with Gasteiger partial charge in [-0.3, -0.25) is 0 Å². The van der Waals surface area contributed by atoms with Crippen LogP contribution in [0.4, 0.5) is 10.6 Å². The Morgan fingerprint density at radius 2 is 1.89 bits per heavy atom. The molecule has 7 heteroatoms. The van der Waals surface area contributed by atoms with Crippen LogP contribution < -0.4 is 10.2 Å². The van der Waals surface area contributed by atoms with Gasteiger partial charge in [0, 0.05) is 19.1 Å². The topological polar surface area (TPSA) is 80.8 Å². The van der Waals surface area contributed by atoms with Crippen molar-refractivity contribution >= 4 is 17.9 Å². The summed E-state index contributed by atoms with van der Waals surface area (Å²) in [5.41, 5.74) is 0.166. The van der Waals surface area contributed by atoms with Gasteiger partial charge in [0.25, 0.3) is 0 Å². The Morgan fingerprint density at radius 1 is 1.22 bits per heavy atom. The molecule has 1 aliphatic carbocycles. The normalized spacial score (nSPS) is 19.3. The molecule has 2 heterocycles. The molecule has 1 spiro atoms. The van der Waals surface area contributed by atoms with E-state index in [0.717, 1.165) is 44.6 Å². The summed E-state index contributed by atoms with van der Waals surface area (Å²) < 4.78 is 10.1. The van der Waals surface area contributed by atoms with Gasteiger partial charge in [0.15, 0.2) is 5.69 Å². The maximum Gasteiger partial charge on any atom is 0.407 e. The van der Waals surface area contributed by atoms with E-state index in [4.69, 9.17) is 9.47 Å². The summed E-state index contributed by atoms with van der Waals surface area (Å²) in [5.74, 6) is 0.399. The Bertz CT molecular complexity index is 697. The lowest BCUT2D eigenvalue weighted by Crippen LogP contribution is -2.55. The second-order valence-corrected chi connectivity index (χ2v) is 8.61. The number of nitrogens with zero attached hydrogens (tertiary/aromatic N) is 2. The zero-order valence-corrected chi connectivity index (χ0v) is 16.6. The van der Waals surface area contributed by atoms with Gasteiger partial charge in [-0.1, -0.05) is 6.07 Å². The van der Waals surface area contributed by atoms with E-state index >= 15 is 0 Å². The van der Waals surface area contributed by atoms with E-state index in [2.05, 4.69) is 15.2 Å². The quantitative estimate of drug-likeness (QED) is 0.818. The number of hydrogen-bond donors (Lipinski definition) is 1. The molecule has 27 heavy (non-hydrogen) atoms. The van der Waals surface area contributed by atoms with Crippen LogP contribution in [0.5, 0.6) is 0 Å². The Morgan fingerprint density at radius 3 is 2.48 bits per heavy atom. The van der Waals surface area contributed by atoms with E-state index in [-0.39, 0.29) is 12.1 Å². The van der Waals surface area contributed by atoms with Crippen molar-refractivity contribution in [1.29, 1.82) is 0 Å². The second-order valence-electron chi connectivity index (χ2n) is 8.61. The lowest BCUT2D eigenvalue weighted by molar-refractivity contribution is 0.0233. The van der Waals surface area contributed by atoms with Crippen LogP contribution in [-0.4, -0.2) is 48.9 Å². The molecule has 1 saturated carbocycles. The van der Waals surface area contributed by atoms with Crippen molar-refractivity contribution < 1.29 is 19.1 Å². The van der Waals surface area contributed by atoms with Crippen LogP contribution >= 0.6 is 0 Å². The fourth-order valence-electron chi connectivity index (χ4n) is 4.00. The number of carbonyl (C=O) groups excluding carboxylic acids is 2. The van der Waals surface area contributed by atoms with Gasteiger partial charge in [-0.15, -0.1) is 0 Å². The van der Waals surface area contributed by atoms with Gasteiger partial charge >= 0.3 is 12.1 Å². The summed E-state index contributed by atoms with van der Waals surface area (Å²) in [4.78, 5) is 30.2. The van der Waals surface area contributed by atoms with Crippen molar-refractivity contribution in [2.75, 3.05) is 25.1 Å². The molecule has 1 amide bonds. The predicted molar refractivity (Wildman–Crippen MR) is 102 cm³/mol. The first-order valence-electron chi connectivity index (χ1n) is 9.50. The van der Waals surface area contributed by atoms with Crippen molar-refractivity contribution in [1.82, 2.24) is 10.3 Å². The van der Waals surface area contributed by atoms with Crippen molar-refractivity contribution in [2.24, 2.45) is 5.41 Å². The largest absolute Gasteiger partial charge is 0.464 e. The highest BCUT2D eigenvalue weighted by atomic mass is 16.6. The van der Waals surface area contributed by atoms with Gasteiger partial charge in [0.2, 0.25) is 0 Å². The fraction of sp³-hybridized carbons (Fsp3) is 0.650. The number of carbonyl (C=O) groups is 2. The first-order valence-corrected chi connectivity index (χ1v) is 9.50. The smallest absolute Gasteiger partial charge is 0.407 e. The lowest BCUT2D eigenvalue weighted by Gasteiger charge is -2.52. The predicted octanol–water partition coefficient (Wildman–Crippen LogP) is 3.14. The number of alkyl carbamates (subject to hydrolysis) is 1. The zero-order chi connectivity index (χ0) is 19.7. The summed E-state index contributed by atoms with van der Waals surface area (Å²) in [6.07, 6.45) is 3.78. The van der Waals surface area contributed by atoms with Crippen LogP contribution in [0.2, 0.25) is 0 Å². The van der Waals surface area contributed by atoms with Crippen LogP contribution in [0, 0.1) is 5.41 Å². The van der Waals surface area contributed by atoms with Crippen molar-refractivity contribution in [3.8, 4) is 0 Å². The molecule has 0 unspecified atom stereocenters. The van der Waals surface area contributed by atoms with E-state index in [9.17, 15) is 9.59 Å². The summed E-state index contributed by atoms with van der Waals surface area (Å²) in [6, 6.07) is 5.63. The molecule has 1 N–H and O–H groups in total. The minimum Gasteiger partial charge on any atom is -0.464 e. The maximum atomic E-state index is 11.9. The highest BCUT2D eigenvalue weighted by molar-refractivity contribution is 5.87. The molecule has 1 aliphatic heterocycles. The number of pyridine rings is 1. The first-order chi connectivity index (χ1) is 12.7. The fourth-order valence-corrected chi connectivity index (χ4v) is 4.00. The number of nitrogens with one attached hydrogen (secondary N) is 1. The van der Waals surface area contributed by atoms with Gasteiger partial charge in [0.1, 0.15) is 11.4 Å². The molecular weight excluding hydrogens is 346 g/mol. The van der Waals surface area contributed by atoms with Crippen molar-refractivity contribution in [3.63, 3.8) is 0 Å². The average molecular weight is 375 g/mol. The minimum absolute atomic E-state index is 0.201. The Hall–Kier alpha value is -2.31.